The summed E-state index contributed by atoms with van der Waals surface area (Å²) in [4.78, 5) is 20.3. The second-order valence-electron chi connectivity index (χ2n) is 7.26. The molecule has 1 saturated heterocycles. The Morgan fingerprint density at radius 3 is 2.59 bits per heavy atom. The first-order valence-corrected chi connectivity index (χ1v) is 9.21. The number of rotatable bonds is 3. The molecule has 2 aliphatic rings. The van der Waals surface area contributed by atoms with Crippen molar-refractivity contribution in [3.8, 4) is 0 Å². The third-order valence-electron chi connectivity index (χ3n) is 4.91. The van der Waals surface area contributed by atoms with Crippen LogP contribution in [0.1, 0.15) is 53.5 Å². The predicted octanol–water partition coefficient (Wildman–Crippen LogP) is 2.88. The molecule has 122 valence electrons. The van der Waals surface area contributed by atoms with Crippen molar-refractivity contribution in [2.45, 2.75) is 52.6 Å². The number of likely N-dealkylation sites (tertiary alicyclic amines) is 1. The molecule has 3 atom stereocenters. The molecular formula is C17H26N2O2S. The fourth-order valence-corrected chi connectivity index (χ4v) is 4.79. The standard InChI is InChI=1S/C17H26N2O2S/c1-10(2)7-14-16(22-11(3)18-14)17(21)19-8-12-5-4-6-13(9-19)15(12)20/h10,12-13,15,20H,4-9H2,1-3H3/t12-,13+,15?. The summed E-state index contributed by atoms with van der Waals surface area (Å²) < 4.78 is 0. The summed E-state index contributed by atoms with van der Waals surface area (Å²) >= 11 is 1.52. The highest BCUT2D eigenvalue weighted by atomic mass is 32.1. The van der Waals surface area contributed by atoms with E-state index in [0.717, 1.165) is 34.8 Å². The number of piperidine rings is 1. The number of amides is 1. The van der Waals surface area contributed by atoms with Gasteiger partial charge >= 0.3 is 0 Å². The summed E-state index contributed by atoms with van der Waals surface area (Å²) in [6, 6.07) is 0. The van der Waals surface area contributed by atoms with Gasteiger partial charge in [-0.05, 0) is 32.1 Å². The predicted molar refractivity (Wildman–Crippen MR) is 88.1 cm³/mol. The van der Waals surface area contributed by atoms with Crippen LogP contribution in [0.4, 0.5) is 0 Å². The lowest BCUT2D eigenvalue weighted by Gasteiger charge is -2.44. The van der Waals surface area contributed by atoms with Crippen LogP contribution in [0.15, 0.2) is 0 Å². The Bertz CT molecular complexity index is 541. The minimum absolute atomic E-state index is 0.130. The summed E-state index contributed by atoms with van der Waals surface area (Å²) in [5, 5.41) is 11.3. The number of aromatic nitrogens is 1. The highest BCUT2D eigenvalue weighted by Gasteiger charge is 2.40. The van der Waals surface area contributed by atoms with E-state index in [1.165, 1.54) is 17.8 Å². The Balaban J connectivity index is 1.79. The highest BCUT2D eigenvalue weighted by Crippen LogP contribution is 2.36. The molecule has 1 aliphatic heterocycles. The summed E-state index contributed by atoms with van der Waals surface area (Å²) in [5.74, 6) is 1.15. The van der Waals surface area contributed by atoms with Crippen molar-refractivity contribution in [2.75, 3.05) is 13.1 Å². The minimum atomic E-state index is -0.212. The molecule has 1 unspecified atom stereocenters. The second-order valence-corrected chi connectivity index (χ2v) is 8.46. The van der Waals surface area contributed by atoms with E-state index in [9.17, 15) is 9.90 Å². The number of nitrogens with zero attached hydrogens (tertiary/aromatic N) is 2. The SMILES string of the molecule is Cc1nc(CC(C)C)c(C(=O)N2C[C@H]3CCC[C@@H](C2)C3O)s1. The van der Waals surface area contributed by atoms with Crippen LogP contribution >= 0.6 is 11.3 Å². The Hall–Kier alpha value is -0.940. The van der Waals surface area contributed by atoms with Crippen LogP contribution in [0, 0.1) is 24.7 Å². The van der Waals surface area contributed by atoms with Crippen LogP contribution in [-0.2, 0) is 6.42 Å². The molecule has 1 amide bonds. The number of aryl methyl sites for hydroxylation is 1. The number of carbonyl (C=O) groups excluding carboxylic acids is 1. The molecule has 1 saturated carbocycles. The highest BCUT2D eigenvalue weighted by molar-refractivity contribution is 7.13. The van der Waals surface area contributed by atoms with Crippen molar-refractivity contribution in [3.63, 3.8) is 0 Å². The van der Waals surface area contributed by atoms with Crippen molar-refractivity contribution in [1.82, 2.24) is 9.88 Å². The van der Waals surface area contributed by atoms with E-state index in [1.54, 1.807) is 0 Å². The van der Waals surface area contributed by atoms with Crippen molar-refractivity contribution in [1.29, 1.82) is 0 Å². The molecule has 2 bridgehead atoms. The van der Waals surface area contributed by atoms with E-state index in [4.69, 9.17) is 0 Å². The summed E-state index contributed by atoms with van der Waals surface area (Å²) in [6.45, 7) is 7.69. The van der Waals surface area contributed by atoms with E-state index in [2.05, 4.69) is 18.8 Å². The number of aliphatic hydroxyl groups excluding tert-OH is 1. The topological polar surface area (TPSA) is 53.4 Å². The zero-order valence-electron chi connectivity index (χ0n) is 13.7. The van der Waals surface area contributed by atoms with Crippen LogP contribution in [0.25, 0.3) is 0 Å². The van der Waals surface area contributed by atoms with Gasteiger partial charge in [0.2, 0.25) is 0 Å². The Labute approximate surface area is 136 Å². The number of hydrogen-bond donors (Lipinski definition) is 1. The molecule has 1 N–H and O–H groups in total. The summed E-state index contributed by atoms with van der Waals surface area (Å²) in [7, 11) is 0. The largest absolute Gasteiger partial charge is 0.392 e. The van der Waals surface area contributed by atoms with Gasteiger partial charge in [-0.3, -0.25) is 4.79 Å². The first-order valence-electron chi connectivity index (χ1n) is 8.39. The van der Waals surface area contributed by atoms with E-state index in [0.29, 0.717) is 19.0 Å². The molecule has 0 spiro atoms. The number of aliphatic hydroxyl groups is 1. The Morgan fingerprint density at radius 2 is 2.00 bits per heavy atom. The van der Waals surface area contributed by atoms with E-state index >= 15 is 0 Å². The van der Waals surface area contributed by atoms with Crippen LogP contribution < -0.4 is 0 Å². The first kappa shape index (κ1) is 15.9. The normalized spacial score (nSPS) is 28.2. The molecule has 0 radical (unpaired) electrons. The molecule has 5 heteroatoms. The second kappa shape index (κ2) is 6.28. The first-order chi connectivity index (χ1) is 10.5. The lowest BCUT2D eigenvalue weighted by atomic mass is 9.75. The fraction of sp³-hybridized carbons (Fsp3) is 0.765. The molecule has 1 aromatic heterocycles. The van der Waals surface area contributed by atoms with Crippen molar-refractivity contribution in [3.05, 3.63) is 15.6 Å². The molecule has 22 heavy (non-hydrogen) atoms. The molecule has 0 aromatic carbocycles. The number of carbonyl (C=O) groups is 1. The molecule has 2 fully saturated rings. The van der Waals surface area contributed by atoms with E-state index in [1.807, 2.05) is 11.8 Å². The van der Waals surface area contributed by atoms with Crippen molar-refractivity contribution < 1.29 is 9.90 Å². The fourth-order valence-electron chi connectivity index (χ4n) is 3.88. The van der Waals surface area contributed by atoms with Gasteiger partial charge in [-0.1, -0.05) is 20.3 Å². The number of fused-ring (bicyclic) bond motifs is 2. The van der Waals surface area contributed by atoms with Gasteiger partial charge in [0.25, 0.3) is 5.91 Å². The van der Waals surface area contributed by atoms with Crippen LogP contribution in [0.5, 0.6) is 0 Å². The third kappa shape index (κ3) is 3.06. The minimum Gasteiger partial charge on any atom is -0.392 e. The monoisotopic (exact) mass is 322 g/mol. The zero-order chi connectivity index (χ0) is 15.9. The molecule has 3 rings (SSSR count). The van der Waals surface area contributed by atoms with Gasteiger partial charge in [0.05, 0.1) is 16.8 Å². The van der Waals surface area contributed by atoms with Crippen LogP contribution in [0.3, 0.4) is 0 Å². The van der Waals surface area contributed by atoms with Gasteiger partial charge in [0.15, 0.2) is 0 Å². The molecular weight excluding hydrogens is 296 g/mol. The average molecular weight is 322 g/mol. The summed E-state index contributed by atoms with van der Waals surface area (Å²) in [6.07, 6.45) is 3.92. The van der Waals surface area contributed by atoms with Crippen LogP contribution in [-0.4, -0.2) is 40.1 Å². The lowest BCUT2D eigenvalue weighted by molar-refractivity contribution is -0.0412. The van der Waals surface area contributed by atoms with Gasteiger partial charge < -0.3 is 10.0 Å². The van der Waals surface area contributed by atoms with E-state index in [-0.39, 0.29) is 23.8 Å². The van der Waals surface area contributed by atoms with Crippen molar-refractivity contribution in [2.24, 2.45) is 17.8 Å². The molecule has 1 aromatic rings. The van der Waals surface area contributed by atoms with Gasteiger partial charge in [0, 0.05) is 24.9 Å². The smallest absolute Gasteiger partial charge is 0.265 e. The lowest BCUT2D eigenvalue weighted by Crippen LogP contribution is -2.53. The number of hydrogen-bond acceptors (Lipinski definition) is 4. The maximum Gasteiger partial charge on any atom is 0.265 e. The molecule has 2 heterocycles. The van der Waals surface area contributed by atoms with E-state index < -0.39 is 0 Å². The number of thiazole rings is 1. The maximum absolute atomic E-state index is 13.0. The quantitative estimate of drug-likeness (QED) is 0.931. The van der Waals surface area contributed by atoms with Gasteiger partial charge in [0.1, 0.15) is 4.88 Å². The van der Waals surface area contributed by atoms with Gasteiger partial charge in [-0.25, -0.2) is 4.98 Å². The van der Waals surface area contributed by atoms with Gasteiger partial charge in [-0.2, -0.15) is 0 Å². The molecule has 4 nitrogen and oxygen atoms in total. The average Bonchev–Trinajstić information content (AvgIpc) is 2.77. The van der Waals surface area contributed by atoms with Crippen molar-refractivity contribution >= 4 is 17.2 Å². The van der Waals surface area contributed by atoms with Crippen LogP contribution in [0.2, 0.25) is 0 Å². The molecule has 1 aliphatic carbocycles. The maximum atomic E-state index is 13.0. The zero-order valence-corrected chi connectivity index (χ0v) is 14.5. The Morgan fingerprint density at radius 1 is 1.36 bits per heavy atom. The summed E-state index contributed by atoms with van der Waals surface area (Å²) in [5.41, 5.74) is 0.957. The Kier molecular flexibility index (Phi) is 4.55. The third-order valence-corrected chi connectivity index (χ3v) is 5.91. The van der Waals surface area contributed by atoms with Gasteiger partial charge in [-0.15, -0.1) is 11.3 Å².